The average molecular weight is 361 g/mol. The number of nitrogens with zero attached hydrogens (tertiary/aromatic N) is 2. The van der Waals surface area contributed by atoms with E-state index < -0.39 is 15.8 Å². The Bertz CT molecular complexity index is 1010. The van der Waals surface area contributed by atoms with Gasteiger partial charge in [-0.3, -0.25) is 0 Å². The zero-order chi connectivity index (χ0) is 17.6. The minimum atomic E-state index is -3.81. The number of halogens is 1. The Morgan fingerprint density at radius 3 is 2.72 bits per heavy atom. The van der Waals surface area contributed by atoms with E-state index in [2.05, 4.69) is 9.97 Å². The van der Waals surface area contributed by atoms with Gasteiger partial charge >= 0.3 is 0 Å². The van der Waals surface area contributed by atoms with Gasteiger partial charge in [0.15, 0.2) is 0 Å². The topological polar surface area (TPSA) is 75.3 Å². The van der Waals surface area contributed by atoms with Crippen molar-refractivity contribution in [2.24, 2.45) is 0 Å². The lowest BCUT2D eigenvalue weighted by Gasteiger charge is -2.37. The fourth-order valence-corrected chi connectivity index (χ4v) is 4.66. The monoisotopic (exact) mass is 361 g/mol. The second kappa shape index (κ2) is 5.82. The molecule has 1 aliphatic rings. The molecule has 0 saturated carbocycles. The van der Waals surface area contributed by atoms with E-state index >= 15 is 0 Å². The number of hydrogen-bond acceptors (Lipinski definition) is 4. The van der Waals surface area contributed by atoms with Crippen molar-refractivity contribution < 1.29 is 17.5 Å². The van der Waals surface area contributed by atoms with Crippen LogP contribution in [0.1, 0.15) is 11.7 Å². The van der Waals surface area contributed by atoms with Crippen LogP contribution >= 0.6 is 0 Å². The third-order valence-electron chi connectivity index (χ3n) is 4.39. The predicted octanol–water partition coefficient (Wildman–Crippen LogP) is 2.50. The van der Waals surface area contributed by atoms with E-state index in [-0.39, 0.29) is 16.6 Å². The van der Waals surface area contributed by atoms with Crippen LogP contribution in [0.2, 0.25) is 0 Å². The minimum Gasteiger partial charge on any atom is -0.495 e. The van der Waals surface area contributed by atoms with Gasteiger partial charge in [0.05, 0.1) is 18.1 Å². The van der Waals surface area contributed by atoms with Crippen LogP contribution in [0.3, 0.4) is 0 Å². The molecule has 1 aromatic heterocycles. The van der Waals surface area contributed by atoms with Gasteiger partial charge in [0, 0.05) is 19.0 Å². The van der Waals surface area contributed by atoms with Gasteiger partial charge in [0.2, 0.25) is 10.0 Å². The van der Waals surface area contributed by atoms with Gasteiger partial charge in [-0.2, -0.15) is 4.31 Å². The van der Waals surface area contributed by atoms with Gasteiger partial charge in [-0.25, -0.2) is 17.8 Å². The maximum absolute atomic E-state index is 13.5. The van der Waals surface area contributed by atoms with Crippen molar-refractivity contribution in [1.29, 1.82) is 0 Å². The first-order chi connectivity index (χ1) is 12.0. The normalized spacial score (nSPS) is 16.1. The maximum Gasteiger partial charge on any atom is 0.246 e. The zero-order valence-corrected chi connectivity index (χ0v) is 14.3. The van der Waals surface area contributed by atoms with E-state index in [0.29, 0.717) is 13.1 Å². The smallest absolute Gasteiger partial charge is 0.246 e. The molecule has 25 heavy (non-hydrogen) atoms. The molecule has 8 heteroatoms. The van der Waals surface area contributed by atoms with Crippen molar-refractivity contribution in [2.45, 2.75) is 10.8 Å². The third-order valence-corrected chi connectivity index (χ3v) is 6.24. The molecule has 2 aromatic carbocycles. The first-order valence-corrected chi connectivity index (χ1v) is 9.21. The summed E-state index contributed by atoms with van der Waals surface area (Å²) in [4.78, 5) is 7.58. The van der Waals surface area contributed by atoms with Gasteiger partial charge in [0.1, 0.15) is 22.3 Å². The van der Waals surface area contributed by atoms with Crippen LogP contribution in [-0.4, -0.2) is 42.9 Å². The van der Waals surface area contributed by atoms with Gasteiger partial charge in [0.25, 0.3) is 0 Å². The second-order valence-electron chi connectivity index (χ2n) is 5.95. The highest BCUT2D eigenvalue weighted by Gasteiger charge is 2.40. The highest BCUT2D eigenvalue weighted by atomic mass is 32.2. The Balaban J connectivity index is 1.57. The molecule has 0 aliphatic carbocycles. The number of sulfonamides is 1. The molecule has 0 radical (unpaired) electrons. The molecule has 0 amide bonds. The summed E-state index contributed by atoms with van der Waals surface area (Å²) in [5.74, 6) is 0.267. The molecule has 0 unspecified atom stereocenters. The number of H-pyrrole nitrogens is 1. The van der Waals surface area contributed by atoms with Crippen LogP contribution in [0.5, 0.6) is 5.75 Å². The lowest BCUT2D eigenvalue weighted by molar-refractivity contribution is 0.256. The minimum absolute atomic E-state index is 0.0123. The fourth-order valence-electron chi connectivity index (χ4n) is 2.96. The van der Waals surface area contributed by atoms with Gasteiger partial charge in [-0.05, 0) is 30.3 Å². The Kier molecular flexibility index (Phi) is 3.73. The molecule has 1 fully saturated rings. The molecule has 4 rings (SSSR count). The first-order valence-electron chi connectivity index (χ1n) is 7.77. The molecule has 1 aliphatic heterocycles. The van der Waals surface area contributed by atoms with Crippen LogP contribution in [0.4, 0.5) is 4.39 Å². The largest absolute Gasteiger partial charge is 0.495 e. The number of imidazole rings is 1. The predicted molar refractivity (Wildman–Crippen MR) is 90.5 cm³/mol. The Morgan fingerprint density at radius 2 is 2.00 bits per heavy atom. The van der Waals surface area contributed by atoms with Crippen LogP contribution in [-0.2, 0) is 10.0 Å². The molecule has 2 heterocycles. The lowest BCUT2D eigenvalue weighted by atomic mass is 10.0. The number of nitrogens with one attached hydrogen (secondary N) is 1. The van der Waals surface area contributed by atoms with E-state index in [9.17, 15) is 12.8 Å². The summed E-state index contributed by atoms with van der Waals surface area (Å²) >= 11 is 0. The number of aromatic amines is 1. The number of rotatable bonds is 4. The molecule has 0 spiro atoms. The number of fused-ring (bicyclic) bond motifs is 1. The summed E-state index contributed by atoms with van der Waals surface area (Å²) in [6.07, 6.45) is 0. The number of hydrogen-bond donors (Lipinski definition) is 1. The van der Waals surface area contributed by atoms with E-state index in [1.54, 1.807) is 0 Å². The highest BCUT2D eigenvalue weighted by molar-refractivity contribution is 7.89. The molecular formula is C17H16FN3O3S. The molecule has 0 atom stereocenters. The summed E-state index contributed by atoms with van der Waals surface area (Å²) in [7, 11) is -2.45. The average Bonchev–Trinajstić information content (AvgIpc) is 2.96. The number of methoxy groups -OCH3 is 1. The Hall–Kier alpha value is -2.45. The Morgan fingerprint density at radius 1 is 1.24 bits per heavy atom. The Labute approximate surface area is 144 Å². The highest BCUT2D eigenvalue weighted by Crippen LogP contribution is 2.35. The molecule has 0 bridgehead atoms. The van der Waals surface area contributed by atoms with E-state index in [1.165, 1.54) is 23.5 Å². The van der Waals surface area contributed by atoms with Crippen LogP contribution in [0, 0.1) is 5.82 Å². The first kappa shape index (κ1) is 16.0. The summed E-state index contributed by atoms with van der Waals surface area (Å²) in [6, 6.07) is 11.1. The van der Waals surface area contributed by atoms with Crippen molar-refractivity contribution in [1.82, 2.24) is 14.3 Å². The molecular weight excluding hydrogens is 345 g/mol. The number of para-hydroxylation sites is 2. The fraction of sp³-hybridized carbons (Fsp3) is 0.235. The number of benzene rings is 2. The summed E-state index contributed by atoms with van der Waals surface area (Å²) in [5.41, 5.74) is 1.77. The molecule has 6 nitrogen and oxygen atoms in total. The van der Waals surface area contributed by atoms with E-state index in [4.69, 9.17) is 4.74 Å². The van der Waals surface area contributed by atoms with Crippen LogP contribution in [0.25, 0.3) is 11.0 Å². The van der Waals surface area contributed by atoms with Crippen molar-refractivity contribution in [3.63, 3.8) is 0 Å². The van der Waals surface area contributed by atoms with Crippen molar-refractivity contribution in [3.05, 3.63) is 54.1 Å². The standard InChI is InChI=1S/C17H16FN3O3S/c1-24-15-7-6-12(18)8-16(15)25(22,23)21-9-11(10-21)17-19-13-4-2-3-5-14(13)20-17/h2-8,11H,9-10H2,1H3,(H,19,20). The molecule has 1 N–H and O–H groups in total. The van der Waals surface area contributed by atoms with E-state index in [1.807, 2.05) is 24.3 Å². The summed E-state index contributed by atoms with van der Waals surface area (Å²) in [5, 5.41) is 0. The van der Waals surface area contributed by atoms with E-state index in [0.717, 1.165) is 22.9 Å². The molecule has 130 valence electrons. The zero-order valence-electron chi connectivity index (χ0n) is 13.4. The quantitative estimate of drug-likeness (QED) is 0.775. The molecule has 1 saturated heterocycles. The summed E-state index contributed by atoms with van der Waals surface area (Å²) < 4.78 is 45.4. The van der Waals surface area contributed by atoms with Crippen LogP contribution in [0.15, 0.2) is 47.4 Å². The molecule has 3 aromatic rings. The summed E-state index contributed by atoms with van der Waals surface area (Å²) in [6.45, 7) is 0.587. The van der Waals surface area contributed by atoms with Crippen molar-refractivity contribution >= 4 is 21.1 Å². The van der Waals surface area contributed by atoms with Gasteiger partial charge < -0.3 is 9.72 Å². The SMILES string of the molecule is COc1ccc(F)cc1S(=O)(=O)N1CC(c2nc3ccccc3[nH]2)C1. The lowest BCUT2D eigenvalue weighted by Crippen LogP contribution is -2.48. The van der Waals surface area contributed by atoms with Gasteiger partial charge in [-0.15, -0.1) is 0 Å². The van der Waals surface area contributed by atoms with Gasteiger partial charge in [-0.1, -0.05) is 12.1 Å². The maximum atomic E-state index is 13.5. The third kappa shape index (κ3) is 2.67. The van der Waals surface area contributed by atoms with Crippen molar-refractivity contribution in [3.8, 4) is 5.75 Å². The second-order valence-corrected chi connectivity index (χ2v) is 7.86. The number of ether oxygens (including phenoxy) is 1. The van der Waals surface area contributed by atoms with Crippen molar-refractivity contribution in [2.75, 3.05) is 20.2 Å². The number of aromatic nitrogens is 2. The van der Waals surface area contributed by atoms with Crippen LogP contribution < -0.4 is 4.74 Å².